The van der Waals surface area contributed by atoms with Gasteiger partial charge in [0.2, 0.25) is 0 Å². The normalized spacial score (nSPS) is 24.4. The first kappa shape index (κ1) is 13.9. The van der Waals surface area contributed by atoms with Crippen LogP contribution < -0.4 is 10.1 Å². The Hall–Kier alpha value is -1.06. The maximum absolute atomic E-state index is 6.04. The van der Waals surface area contributed by atoms with Gasteiger partial charge in [-0.1, -0.05) is 17.7 Å². The van der Waals surface area contributed by atoms with Gasteiger partial charge in [0.1, 0.15) is 5.75 Å². The van der Waals surface area contributed by atoms with Crippen LogP contribution in [0, 0.1) is 13.8 Å². The predicted octanol–water partition coefficient (Wildman–Crippen LogP) is 2.81. The number of benzene rings is 1. The Morgan fingerprint density at radius 1 is 1.15 bits per heavy atom. The lowest BCUT2D eigenvalue weighted by Crippen LogP contribution is -2.32. The summed E-state index contributed by atoms with van der Waals surface area (Å²) < 4.78 is 6.04. The van der Waals surface area contributed by atoms with E-state index in [4.69, 9.17) is 4.74 Å². The van der Waals surface area contributed by atoms with Crippen molar-refractivity contribution in [3.8, 4) is 5.75 Å². The van der Waals surface area contributed by atoms with Crippen molar-refractivity contribution in [2.75, 3.05) is 32.8 Å². The van der Waals surface area contributed by atoms with E-state index in [1.165, 1.54) is 36.1 Å². The first-order valence-electron chi connectivity index (χ1n) is 7.94. The largest absolute Gasteiger partial charge is 0.493 e. The van der Waals surface area contributed by atoms with E-state index in [-0.39, 0.29) is 0 Å². The van der Waals surface area contributed by atoms with E-state index in [0.717, 1.165) is 38.4 Å². The van der Waals surface area contributed by atoms with Crippen molar-refractivity contribution < 1.29 is 4.74 Å². The second-order valence-electron chi connectivity index (χ2n) is 6.15. The summed E-state index contributed by atoms with van der Waals surface area (Å²) in [6, 6.07) is 5.12. The first-order chi connectivity index (χ1) is 9.75. The van der Waals surface area contributed by atoms with Gasteiger partial charge in [0, 0.05) is 31.2 Å². The molecular weight excluding hydrogens is 248 g/mol. The molecule has 0 radical (unpaired) electrons. The molecule has 0 saturated carbocycles. The highest BCUT2D eigenvalue weighted by Gasteiger charge is 2.27. The quantitative estimate of drug-likeness (QED) is 0.852. The van der Waals surface area contributed by atoms with E-state index in [9.17, 15) is 0 Å². The molecule has 1 N–H and O–H groups in total. The number of hydrogen-bond acceptors (Lipinski definition) is 3. The lowest BCUT2D eigenvalue weighted by Gasteiger charge is -2.31. The fraction of sp³-hybridized carbons (Fsp3) is 0.647. The molecule has 0 spiro atoms. The van der Waals surface area contributed by atoms with E-state index < -0.39 is 0 Å². The molecule has 1 aromatic rings. The van der Waals surface area contributed by atoms with Crippen molar-refractivity contribution in [3.63, 3.8) is 0 Å². The molecule has 0 aromatic heterocycles. The number of hydrogen-bond donors (Lipinski definition) is 1. The van der Waals surface area contributed by atoms with Crippen LogP contribution in [-0.2, 0) is 0 Å². The van der Waals surface area contributed by atoms with E-state index in [2.05, 4.69) is 36.2 Å². The van der Waals surface area contributed by atoms with Gasteiger partial charge in [-0.2, -0.15) is 0 Å². The topological polar surface area (TPSA) is 24.5 Å². The summed E-state index contributed by atoms with van der Waals surface area (Å²) in [7, 11) is 0. The Kier molecular flexibility index (Phi) is 4.27. The summed E-state index contributed by atoms with van der Waals surface area (Å²) in [5, 5.41) is 3.51. The summed E-state index contributed by atoms with van der Waals surface area (Å²) in [5.41, 5.74) is 4.06. The van der Waals surface area contributed by atoms with Crippen LogP contribution in [0.2, 0.25) is 0 Å². The Labute approximate surface area is 122 Å². The molecule has 110 valence electrons. The average Bonchev–Trinajstić information content (AvgIpc) is 2.78. The average molecular weight is 274 g/mol. The molecule has 3 nitrogen and oxygen atoms in total. The van der Waals surface area contributed by atoms with Crippen LogP contribution in [0.25, 0.3) is 0 Å². The molecule has 2 heterocycles. The molecular formula is C17H26N2O. The molecule has 3 rings (SSSR count). The molecule has 2 aliphatic heterocycles. The SMILES string of the molecule is Cc1cc(C)c2c(c1)C(N1CCCNCC1)CCCO2. The van der Waals surface area contributed by atoms with Crippen LogP contribution in [0.5, 0.6) is 5.75 Å². The van der Waals surface area contributed by atoms with Gasteiger partial charge in [0.05, 0.1) is 6.61 Å². The number of nitrogens with one attached hydrogen (secondary N) is 1. The number of fused-ring (bicyclic) bond motifs is 1. The molecule has 1 unspecified atom stereocenters. The smallest absolute Gasteiger partial charge is 0.126 e. The zero-order chi connectivity index (χ0) is 13.9. The molecule has 2 aliphatic rings. The van der Waals surface area contributed by atoms with Crippen molar-refractivity contribution >= 4 is 0 Å². The second kappa shape index (κ2) is 6.15. The fourth-order valence-corrected chi connectivity index (χ4v) is 3.60. The van der Waals surface area contributed by atoms with Crippen molar-refractivity contribution in [1.82, 2.24) is 10.2 Å². The molecule has 3 heteroatoms. The van der Waals surface area contributed by atoms with Gasteiger partial charge in [0.15, 0.2) is 0 Å². The minimum absolute atomic E-state index is 0.533. The zero-order valence-electron chi connectivity index (χ0n) is 12.7. The van der Waals surface area contributed by atoms with Crippen LogP contribution in [0.15, 0.2) is 12.1 Å². The Morgan fingerprint density at radius 2 is 2.05 bits per heavy atom. The molecule has 1 atom stereocenters. The fourth-order valence-electron chi connectivity index (χ4n) is 3.60. The minimum Gasteiger partial charge on any atom is -0.493 e. The van der Waals surface area contributed by atoms with Crippen molar-refractivity contribution in [2.24, 2.45) is 0 Å². The maximum Gasteiger partial charge on any atom is 0.126 e. The van der Waals surface area contributed by atoms with Crippen LogP contribution in [0.1, 0.15) is 42.0 Å². The maximum atomic E-state index is 6.04. The van der Waals surface area contributed by atoms with Crippen molar-refractivity contribution in [3.05, 3.63) is 28.8 Å². The summed E-state index contributed by atoms with van der Waals surface area (Å²) in [5.74, 6) is 1.15. The summed E-state index contributed by atoms with van der Waals surface area (Å²) in [4.78, 5) is 2.66. The highest BCUT2D eigenvalue weighted by atomic mass is 16.5. The Balaban J connectivity index is 1.95. The second-order valence-corrected chi connectivity index (χ2v) is 6.15. The number of rotatable bonds is 1. The van der Waals surface area contributed by atoms with Crippen LogP contribution >= 0.6 is 0 Å². The lowest BCUT2D eigenvalue weighted by atomic mass is 9.96. The van der Waals surface area contributed by atoms with Crippen LogP contribution in [0.4, 0.5) is 0 Å². The molecule has 1 aromatic carbocycles. The van der Waals surface area contributed by atoms with Gasteiger partial charge < -0.3 is 10.1 Å². The number of nitrogens with zero attached hydrogens (tertiary/aromatic N) is 1. The van der Waals surface area contributed by atoms with Crippen molar-refractivity contribution in [2.45, 2.75) is 39.2 Å². The molecule has 0 aliphatic carbocycles. The molecule has 1 fully saturated rings. The minimum atomic E-state index is 0.533. The summed E-state index contributed by atoms with van der Waals surface area (Å²) in [6.07, 6.45) is 3.62. The van der Waals surface area contributed by atoms with E-state index in [1.54, 1.807) is 0 Å². The standard InChI is InChI=1S/C17H26N2O/c1-13-11-14(2)17-15(12-13)16(5-3-10-20-17)19-8-4-6-18-7-9-19/h11-12,16,18H,3-10H2,1-2H3. The monoisotopic (exact) mass is 274 g/mol. The van der Waals surface area contributed by atoms with Gasteiger partial charge in [-0.3, -0.25) is 4.90 Å². The number of ether oxygens (including phenoxy) is 1. The summed E-state index contributed by atoms with van der Waals surface area (Å²) >= 11 is 0. The third-order valence-electron chi connectivity index (χ3n) is 4.49. The van der Waals surface area contributed by atoms with Gasteiger partial charge in [-0.25, -0.2) is 0 Å². The van der Waals surface area contributed by atoms with Gasteiger partial charge >= 0.3 is 0 Å². The van der Waals surface area contributed by atoms with Gasteiger partial charge in [0.25, 0.3) is 0 Å². The first-order valence-corrected chi connectivity index (χ1v) is 7.94. The lowest BCUT2D eigenvalue weighted by molar-refractivity contribution is 0.199. The Morgan fingerprint density at radius 3 is 2.95 bits per heavy atom. The molecule has 1 saturated heterocycles. The van der Waals surface area contributed by atoms with E-state index in [0.29, 0.717) is 6.04 Å². The third kappa shape index (κ3) is 2.84. The van der Waals surface area contributed by atoms with Gasteiger partial charge in [-0.05, 0) is 45.2 Å². The predicted molar refractivity (Wildman–Crippen MR) is 82.4 cm³/mol. The van der Waals surface area contributed by atoms with Crippen LogP contribution in [-0.4, -0.2) is 37.7 Å². The van der Waals surface area contributed by atoms with Gasteiger partial charge in [-0.15, -0.1) is 0 Å². The van der Waals surface area contributed by atoms with Crippen molar-refractivity contribution in [1.29, 1.82) is 0 Å². The number of aryl methyl sites for hydroxylation is 2. The summed E-state index contributed by atoms with van der Waals surface area (Å²) in [6.45, 7) is 9.84. The Bertz CT molecular complexity index is 464. The molecule has 20 heavy (non-hydrogen) atoms. The molecule has 0 amide bonds. The third-order valence-corrected chi connectivity index (χ3v) is 4.49. The van der Waals surface area contributed by atoms with Crippen LogP contribution in [0.3, 0.4) is 0 Å². The van der Waals surface area contributed by atoms with E-state index in [1.807, 2.05) is 0 Å². The zero-order valence-corrected chi connectivity index (χ0v) is 12.7. The molecule has 0 bridgehead atoms. The van der Waals surface area contributed by atoms with E-state index >= 15 is 0 Å². The highest BCUT2D eigenvalue weighted by molar-refractivity contribution is 5.46. The highest BCUT2D eigenvalue weighted by Crippen LogP contribution is 2.38.